The van der Waals surface area contributed by atoms with Crippen molar-refractivity contribution in [2.45, 2.75) is 18.2 Å². The molecule has 0 aliphatic heterocycles. The summed E-state index contributed by atoms with van der Waals surface area (Å²) in [5.74, 6) is -0.584. The molecule has 1 rings (SSSR count). The SMILES string of the molecule is CCOC(=O)Cc1c(C(N)=NO)cccc1S(C)=O. The van der Waals surface area contributed by atoms with Crippen molar-refractivity contribution in [1.29, 1.82) is 0 Å². The number of amidine groups is 1. The van der Waals surface area contributed by atoms with Crippen LogP contribution in [0, 0.1) is 0 Å². The van der Waals surface area contributed by atoms with Gasteiger partial charge in [0.15, 0.2) is 5.84 Å². The Morgan fingerprint density at radius 3 is 2.74 bits per heavy atom. The molecule has 1 unspecified atom stereocenters. The van der Waals surface area contributed by atoms with Crippen molar-refractivity contribution in [3.05, 3.63) is 29.3 Å². The summed E-state index contributed by atoms with van der Waals surface area (Å²) in [5.41, 5.74) is 6.40. The van der Waals surface area contributed by atoms with Crippen LogP contribution in [0.1, 0.15) is 18.1 Å². The van der Waals surface area contributed by atoms with E-state index in [0.29, 0.717) is 16.0 Å². The molecule has 0 spiro atoms. The lowest BCUT2D eigenvalue weighted by Gasteiger charge is -2.12. The van der Waals surface area contributed by atoms with Gasteiger partial charge in [-0.1, -0.05) is 17.3 Å². The molecule has 0 fully saturated rings. The van der Waals surface area contributed by atoms with Gasteiger partial charge in [0.2, 0.25) is 0 Å². The number of oxime groups is 1. The molecule has 7 heteroatoms. The van der Waals surface area contributed by atoms with Crippen molar-refractivity contribution in [1.82, 2.24) is 0 Å². The van der Waals surface area contributed by atoms with Gasteiger partial charge >= 0.3 is 5.97 Å². The summed E-state index contributed by atoms with van der Waals surface area (Å²) >= 11 is 0. The first kappa shape index (κ1) is 15.2. The third-order valence-corrected chi connectivity index (χ3v) is 3.45. The van der Waals surface area contributed by atoms with Crippen LogP contribution in [0.5, 0.6) is 0 Å². The van der Waals surface area contributed by atoms with E-state index in [9.17, 15) is 9.00 Å². The van der Waals surface area contributed by atoms with Crippen LogP contribution in [-0.4, -0.2) is 34.1 Å². The van der Waals surface area contributed by atoms with Gasteiger partial charge in [-0.15, -0.1) is 0 Å². The number of esters is 1. The maximum absolute atomic E-state index is 11.7. The molecule has 104 valence electrons. The van der Waals surface area contributed by atoms with Crippen molar-refractivity contribution in [3.8, 4) is 0 Å². The fourth-order valence-corrected chi connectivity index (χ4v) is 2.47. The molecular formula is C12H16N2O4S. The molecule has 0 saturated carbocycles. The van der Waals surface area contributed by atoms with Crippen LogP contribution in [0.25, 0.3) is 0 Å². The van der Waals surface area contributed by atoms with Gasteiger partial charge in [-0.2, -0.15) is 0 Å². The highest BCUT2D eigenvalue weighted by molar-refractivity contribution is 7.84. The van der Waals surface area contributed by atoms with Crippen molar-refractivity contribution in [2.75, 3.05) is 12.9 Å². The lowest BCUT2D eigenvalue weighted by Crippen LogP contribution is -2.19. The van der Waals surface area contributed by atoms with Crippen molar-refractivity contribution >= 4 is 22.6 Å². The zero-order valence-corrected chi connectivity index (χ0v) is 11.6. The van der Waals surface area contributed by atoms with E-state index in [1.165, 1.54) is 6.26 Å². The third kappa shape index (κ3) is 3.78. The monoisotopic (exact) mass is 284 g/mol. The first-order chi connectivity index (χ1) is 9.01. The van der Waals surface area contributed by atoms with Crippen molar-refractivity contribution in [2.24, 2.45) is 10.9 Å². The fourth-order valence-electron chi connectivity index (χ4n) is 1.67. The van der Waals surface area contributed by atoms with Crippen LogP contribution in [0.3, 0.4) is 0 Å². The number of nitrogens with two attached hydrogens (primary N) is 1. The third-order valence-electron chi connectivity index (χ3n) is 2.45. The number of benzene rings is 1. The summed E-state index contributed by atoms with van der Waals surface area (Å²) < 4.78 is 16.6. The Morgan fingerprint density at radius 1 is 1.53 bits per heavy atom. The van der Waals surface area contributed by atoms with E-state index in [0.717, 1.165) is 0 Å². The number of hydrogen-bond acceptors (Lipinski definition) is 5. The molecule has 1 aromatic rings. The number of hydrogen-bond donors (Lipinski definition) is 2. The van der Waals surface area contributed by atoms with Gasteiger partial charge in [-0.05, 0) is 18.6 Å². The average molecular weight is 284 g/mol. The van der Waals surface area contributed by atoms with Gasteiger partial charge < -0.3 is 15.7 Å². The Hall–Kier alpha value is -1.89. The normalized spacial score (nSPS) is 13.1. The van der Waals surface area contributed by atoms with E-state index in [4.69, 9.17) is 15.7 Å². The van der Waals surface area contributed by atoms with Gasteiger partial charge in [0, 0.05) is 16.7 Å². The molecule has 0 saturated heterocycles. The largest absolute Gasteiger partial charge is 0.466 e. The zero-order valence-electron chi connectivity index (χ0n) is 10.8. The molecule has 0 amide bonds. The molecule has 19 heavy (non-hydrogen) atoms. The molecule has 0 aliphatic carbocycles. The highest BCUT2D eigenvalue weighted by atomic mass is 32.2. The van der Waals surface area contributed by atoms with Gasteiger partial charge in [0.1, 0.15) is 0 Å². The minimum Gasteiger partial charge on any atom is -0.466 e. The Morgan fingerprint density at radius 2 is 2.21 bits per heavy atom. The topological polar surface area (TPSA) is 102 Å². The number of nitrogens with zero attached hydrogens (tertiary/aromatic N) is 1. The van der Waals surface area contributed by atoms with Crippen LogP contribution in [-0.2, 0) is 26.8 Å². The maximum Gasteiger partial charge on any atom is 0.310 e. The van der Waals surface area contributed by atoms with Gasteiger partial charge in [0.25, 0.3) is 0 Å². The highest BCUT2D eigenvalue weighted by Crippen LogP contribution is 2.19. The Balaban J connectivity index is 3.29. The van der Waals surface area contributed by atoms with Crippen molar-refractivity contribution in [3.63, 3.8) is 0 Å². The Bertz CT molecular complexity index is 528. The highest BCUT2D eigenvalue weighted by Gasteiger charge is 2.17. The number of carbonyl (C=O) groups is 1. The minimum absolute atomic E-state index is 0.0743. The van der Waals surface area contributed by atoms with Crippen molar-refractivity contribution < 1.29 is 18.9 Å². The number of carbonyl (C=O) groups excluding carboxylic acids is 1. The summed E-state index contributed by atoms with van der Waals surface area (Å²) in [6.07, 6.45) is 1.43. The predicted molar refractivity (Wildman–Crippen MR) is 71.6 cm³/mol. The average Bonchev–Trinajstić information content (AvgIpc) is 2.38. The standard InChI is InChI=1S/C12H16N2O4S/c1-3-18-11(15)7-9-8(12(13)14-16)5-4-6-10(9)19(2)17/h4-6,16H,3,7H2,1-2H3,(H2,13,14). The van der Waals surface area contributed by atoms with Gasteiger partial charge in [-0.25, -0.2) is 0 Å². The summed E-state index contributed by atoms with van der Waals surface area (Å²) in [7, 11) is -1.29. The smallest absolute Gasteiger partial charge is 0.310 e. The summed E-state index contributed by atoms with van der Waals surface area (Å²) in [6, 6.07) is 4.87. The second kappa shape index (κ2) is 6.89. The quantitative estimate of drug-likeness (QED) is 0.271. The molecule has 0 radical (unpaired) electrons. The van der Waals surface area contributed by atoms with Crippen LogP contribution in [0.4, 0.5) is 0 Å². The van der Waals surface area contributed by atoms with E-state index < -0.39 is 16.8 Å². The van der Waals surface area contributed by atoms with Crippen LogP contribution >= 0.6 is 0 Å². The van der Waals surface area contributed by atoms with Crippen LogP contribution in [0.2, 0.25) is 0 Å². The van der Waals surface area contributed by atoms with Gasteiger partial charge in [-0.3, -0.25) is 9.00 Å². The number of rotatable bonds is 5. The first-order valence-electron chi connectivity index (χ1n) is 5.60. The zero-order chi connectivity index (χ0) is 14.4. The van der Waals surface area contributed by atoms with Crippen LogP contribution in [0.15, 0.2) is 28.3 Å². The second-order valence-corrected chi connectivity index (χ2v) is 5.05. The van der Waals surface area contributed by atoms with E-state index in [2.05, 4.69) is 5.16 Å². The molecule has 3 N–H and O–H groups in total. The molecule has 1 atom stereocenters. The minimum atomic E-state index is -1.29. The summed E-state index contributed by atoms with van der Waals surface area (Å²) in [4.78, 5) is 12.1. The van der Waals surface area contributed by atoms with Crippen LogP contribution < -0.4 is 5.73 Å². The fraction of sp³-hybridized carbons (Fsp3) is 0.333. The molecule has 0 aliphatic rings. The molecule has 0 aromatic heterocycles. The van der Waals surface area contributed by atoms with E-state index in [-0.39, 0.29) is 18.9 Å². The molecule has 6 nitrogen and oxygen atoms in total. The first-order valence-corrected chi connectivity index (χ1v) is 7.15. The summed E-state index contributed by atoms with van der Waals surface area (Å²) in [5, 5.41) is 11.7. The number of ether oxygens (including phenoxy) is 1. The van der Waals surface area contributed by atoms with E-state index >= 15 is 0 Å². The van der Waals surface area contributed by atoms with Gasteiger partial charge in [0.05, 0.1) is 23.8 Å². The molecular weight excluding hydrogens is 268 g/mol. The predicted octanol–water partition coefficient (Wildman–Crippen LogP) is 0.624. The maximum atomic E-state index is 11.7. The Labute approximate surface area is 113 Å². The molecule has 1 aromatic carbocycles. The summed E-state index contributed by atoms with van der Waals surface area (Å²) in [6.45, 7) is 1.96. The Kier molecular flexibility index (Phi) is 5.50. The lowest BCUT2D eigenvalue weighted by atomic mass is 10.0. The van der Waals surface area contributed by atoms with E-state index in [1.807, 2.05) is 0 Å². The van der Waals surface area contributed by atoms with E-state index in [1.54, 1.807) is 25.1 Å². The lowest BCUT2D eigenvalue weighted by molar-refractivity contribution is -0.142. The molecule has 0 bridgehead atoms. The second-order valence-electron chi connectivity index (χ2n) is 3.70. The molecule has 0 heterocycles.